The second kappa shape index (κ2) is 5.55. The molecular formula is C18H25N3. The van der Waals surface area contributed by atoms with Gasteiger partial charge in [0.05, 0.1) is 5.69 Å². The van der Waals surface area contributed by atoms with Crippen LogP contribution in [-0.4, -0.2) is 9.78 Å². The Labute approximate surface area is 127 Å². The van der Waals surface area contributed by atoms with Gasteiger partial charge in [-0.05, 0) is 36.8 Å². The number of hydrogen-bond donors (Lipinski definition) is 1. The van der Waals surface area contributed by atoms with Crippen molar-refractivity contribution in [1.82, 2.24) is 9.78 Å². The minimum Gasteiger partial charge on any atom is -0.383 e. The zero-order valence-corrected chi connectivity index (χ0v) is 13.3. The molecule has 3 rings (SSSR count). The summed E-state index contributed by atoms with van der Waals surface area (Å²) >= 11 is 0. The summed E-state index contributed by atoms with van der Waals surface area (Å²) in [5, 5.41) is 4.77. The first-order valence-corrected chi connectivity index (χ1v) is 7.96. The van der Waals surface area contributed by atoms with Crippen molar-refractivity contribution in [3.05, 3.63) is 35.5 Å². The van der Waals surface area contributed by atoms with E-state index in [1.807, 2.05) is 11.7 Å². The van der Waals surface area contributed by atoms with E-state index in [1.54, 1.807) is 0 Å². The fraction of sp³-hybridized carbons (Fsp3) is 0.500. The molecule has 1 aromatic heterocycles. The van der Waals surface area contributed by atoms with E-state index in [1.165, 1.54) is 42.5 Å². The molecule has 0 unspecified atom stereocenters. The van der Waals surface area contributed by atoms with E-state index in [0.29, 0.717) is 5.92 Å². The molecule has 0 saturated heterocycles. The second-order valence-corrected chi connectivity index (χ2v) is 6.54. The summed E-state index contributed by atoms with van der Waals surface area (Å²) in [6.07, 6.45) is 5.07. The predicted molar refractivity (Wildman–Crippen MR) is 88.2 cm³/mol. The van der Waals surface area contributed by atoms with E-state index >= 15 is 0 Å². The maximum atomic E-state index is 6.34. The highest BCUT2D eigenvalue weighted by Crippen LogP contribution is 2.42. The Kier molecular flexibility index (Phi) is 3.75. The molecule has 0 radical (unpaired) electrons. The van der Waals surface area contributed by atoms with Gasteiger partial charge in [-0.1, -0.05) is 44.0 Å². The van der Waals surface area contributed by atoms with Crippen molar-refractivity contribution in [3.8, 4) is 11.1 Å². The van der Waals surface area contributed by atoms with Crippen molar-refractivity contribution in [1.29, 1.82) is 0 Å². The monoisotopic (exact) mass is 283 g/mol. The summed E-state index contributed by atoms with van der Waals surface area (Å²) in [6, 6.07) is 8.47. The molecule has 21 heavy (non-hydrogen) atoms. The largest absolute Gasteiger partial charge is 0.383 e. The van der Waals surface area contributed by atoms with Crippen LogP contribution in [0.3, 0.4) is 0 Å². The molecule has 1 fully saturated rings. The zero-order chi connectivity index (χ0) is 15.0. The Morgan fingerprint density at radius 3 is 2.48 bits per heavy atom. The molecule has 0 aliphatic heterocycles. The molecular weight excluding hydrogens is 258 g/mol. The number of hydrogen-bond acceptors (Lipinski definition) is 2. The average molecular weight is 283 g/mol. The van der Waals surface area contributed by atoms with Crippen LogP contribution in [0.25, 0.3) is 11.1 Å². The average Bonchev–Trinajstić information content (AvgIpc) is 2.77. The van der Waals surface area contributed by atoms with E-state index in [4.69, 9.17) is 10.8 Å². The number of rotatable bonds is 2. The lowest BCUT2D eigenvalue weighted by atomic mass is 9.79. The number of nitrogens with zero attached hydrogens (tertiary/aromatic N) is 2. The standard InChI is InChI=1S/C18H25N3/c1-12-8-10-14(11-9-12)17-16(18(19)21(3)20-17)15-7-5-4-6-13(15)2/h4-7,12,14H,8-11,19H2,1-3H3. The quantitative estimate of drug-likeness (QED) is 0.894. The minimum absolute atomic E-state index is 0.555. The highest BCUT2D eigenvalue weighted by Gasteiger charge is 2.27. The van der Waals surface area contributed by atoms with Crippen LogP contribution in [0.2, 0.25) is 0 Å². The molecule has 2 aromatic rings. The first-order valence-electron chi connectivity index (χ1n) is 7.96. The summed E-state index contributed by atoms with van der Waals surface area (Å²) < 4.78 is 1.84. The van der Waals surface area contributed by atoms with Gasteiger partial charge < -0.3 is 5.73 Å². The van der Waals surface area contributed by atoms with Crippen molar-refractivity contribution in [2.45, 2.75) is 45.4 Å². The minimum atomic E-state index is 0.555. The fourth-order valence-corrected chi connectivity index (χ4v) is 3.51. The Morgan fingerprint density at radius 2 is 1.81 bits per heavy atom. The molecule has 0 bridgehead atoms. The molecule has 1 aliphatic rings. The van der Waals surface area contributed by atoms with Gasteiger partial charge in [-0.25, -0.2) is 0 Å². The van der Waals surface area contributed by atoms with Crippen LogP contribution >= 0.6 is 0 Å². The molecule has 3 heteroatoms. The predicted octanol–water partition coefficient (Wildman–Crippen LogP) is 4.27. The molecule has 3 nitrogen and oxygen atoms in total. The smallest absolute Gasteiger partial charge is 0.129 e. The molecule has 1 saturated carbocycles. The zero-order valence-electron chi connectivity index (χ0n) is 13.3. The van der Waals surface area contributed by atoms with Gasteiger partial charge in [0.1, 0.15) is 5.82 Å². The van der Waals surface area contributed by atoms with Gasteiger partial charge in [0.25, 0.3) is 0 Å². The van der Waals surface area contributed by atoms with E-state index in [9.17, 15) is 0 Å². The first kappa shape index (κ1) is 14.2. The molecule has 1 aliphatic carbocycles. The number of aromatic nitrogens is 2. The molecule has 112 valence electrons. The highest BCUT2D eigenvalue weighted by molar-refractivity contribution is 5.79. The molecule has 0 atom stereocenters. The number of benzene rings is 1. The Hall–Kier alpha value is -1.77. The van der Waals surface area contributed by atoms with Crippen molar-refractivity contribution < 1.29 is 0 Å². The van der Waals surface area contributed by atoms with Gasteiger partial charge in [0.15, 0.2) is 0 Å². The number of nitrogen functional groups attached to an aromatic ring is 1. The molecule has 2 N–H and O–H groups in total. The topological polar surface area (TPSA) is 43.8 Å². The fourth-order valence-electron chi connectivity index (χ4n) is 3.51. The van der Waals surface area contributed by atoms with Gasteiger partial charge in [-0.15, -0.1) is 0 Å². The Morgan fingerprint density at radius 1 is 1.14 bits per heavy atom. The summed E-state index contributed by atoms with van der Waals surface area (Å²) in [6.45, 7) is 4.50. The van der Waals surface area contributed by atoms with Crippen LogP contribution in [0.1, 0.15) is 49.8 Å². The third-order valence-electron chi connectivity index (χ3n) is 4.94. The van der Waals surface area contributed by atoms with Crippen LogP contribution in [0, 0.1) is 12.8 Å². The van der Waals surface area contributed by atoms with Crippen molar-refractivity contribution >= 4 is 5.82 Å². The highest BCUT2D eigenvalue weighted by atomic mass is 15.3. The Balaban J connectivity index is 2.06. The summed E-state index contributed by atoms with van der Waals surface area (Å²) in [5.74, 6) is 2.20. The van der Waals surface area contributed by atoms with Gasteiger partial charge in [-0.3, -0.25) is 4.68 Å². The number of nitrogens with two attached hydrogens (primary N) is 1. The van der Waals surface area contributed by atoms with Crippen LogP contribution in [0.15, 0.2) is 24.3 Å². The summed E-state index contributed by atoms with van der Waals surface area (Å²) in [5.41, 5.74) is 11.2. The van der Waals surface area contributed by atoms with Crippen LogP contribution < -0.4 is 5.73 Å². The lowest BCUT2D eigenvalue weighted by molar-refractivity contribution is 0.343. The second-order valence-electron chi connectivity index (χ2n) is 6.54. The third-order valence-corrected chi connectivity index (χ3v) is 4.94. The Bertz CT molecular complexity index is 634. The molecule has 0 spiro atoms. The van der Waals surface area contributed by atoms with E-state index in [-0.39, 0.29) is 0 Å². The van der Waals surface area contributed by atoms with E-state index < -0.39 is 0 Å². The first-order chi connectivity index (χ1) is 10.1. The maximum Gasteiger partial charge on any atom is 0.129 e. The third kappa shape index (κ3) is 2.57. The van der Waals surface area contributed by atoms with Crippen molar-refractivity contribution in [2.75, 3.05) is 5.73 Å². The van der Waals surface area contributed by atoms with Gasteiger partial charge in [0, 0.05) is 18.5 Å². The molecule has 1 aromatic carbocycles. The van der Waals surface area contributed by atoms with Gasteiger partial charge >= 0.3 is 0 Å². The SMILES string of the molecule is Cc1ccccc1-c1c(C2CCC(C)CC2)nn(C)c1N. The lowest BCUT2D eigenvalue weighted by Crippen LogP contribution is -2.12. The summed E-state index contributed by atoms with van der Waals surface area (Å²) in [7, 11) is 1.95. The lowest BCUT2D eigenvalue weighted by Gasteiger charge is -2.25. The van der Waals surface area contributed by atoms with Crippen molar-refractivity contribution in [2.24, 2.45) is 13.0 Å². The number of aryl methyl sites for hydroxylation is 2. The molecule has 0 amide bonds. The van der Waals surface area contributed by atoms with Gasteiger partial charge in [-0.2, -0.15) is 5.10 Å². The van der Waals surface area contributed by atoms with Crippen LogP contribution in [0.4, 0.5) is 5.82 Å². The molecule has 1 heterocycles. The van der Waals surface area contributed by atoms with Crippen molar-refractivity contribution in [3.63, 3.8) is 0 Å². The van der Waals surface area contributed by atoms with Crippen LogP contribution in [-0.2, 0) is 7.05 Å². The van der Waals surface area contributed by atoms with E-state index in [0.717, 1.165) is 17.3 Å². The maximum absolute atomic E-state index is 6.34. The normalized spacial score (nSPS) is 22.4. The number of anilines is 1. The van der Waals surface area contributed by atoms with E-state index in [2.05, 4.69) is 38.1 Å². The summed E-state index contributed by atoms with van der Waals surface area (Å²) in [4.78, 5) is 0. The van der Waals surface area contributed by atoms with Gasteiger partial charge in [0.2, 0.25) is 0 Å². The van der Waals surface area contributed by atoms with Crippen LogP contribution in [0.5, 0.6) is 0 Å².